The minimum atomic E-state index is -3.79. The van der Waals surface area contributed by atoms with Crippen molar-refractivity contribution in [3.8, 4) is 5.75 Å². The van der Waals surface area contributed by atoms with Crippen molar-refractivity contribution in [2.75, 3.05) is 13.2 Å². The van der Waals surface area contributed by atoms with Gasteiger partial charge in [0.05, 0.1) is 13.2 Å². The maximum absolute atomic E-state index is 11.8. The van der Waals surface area contributed by atoms with Gasteiger partial charge in [0.25, 0.3) is 0 Å². The molecule has 1 aromatic rings. The van der Waals surface area contributed by atoms with Crippen molar-refractivity contribution in [3.05, 3.63) is 36.4 Å². The van der Waals surface area contributed by atoms with Gasteiger partial charge in [-0.05, 0) is 31.5 Å². The Labute approximate surface area is 102 Å². The van der Waals surface area contributed by atoms with Crippen LogP contribution in [-0.2, 0) is 14.3 Å². The fourth-order valence-electron chi connectivity index (χ4n) is 1.29. The lowest BCUT2D eigenvalue weighted by molar-refractivity contribution is 0.321. The molecule has 0 saturated heterocycles. The van der Waals surface area contributed by atoms with Gasteiger partial charge in [-0.3, -0.25) is 4.18 Å². The van der Waals surface area contributed by atoms with Crippen LogP contribution in [0.3, 0.4) is 0 Å². The van der Waals surface area contributed by atoms with Crippen LogP contribution in [0.5, 0.6) is 5.75 Å². The van der Waals surface area contributed by atoms with Gasteiger partial charge in [0.15, 0.2) is 0 Å². The highest BCUT2D eigenvalue weighted by atomic mass is 32.2. The van der Waals surface area contributed by atoms with Gasteiger partial charge in [0.1, 0.15) is 10.6 Å². The highest BCUT2D eigenvalue weighted by Crippen LogP contribution is 2.26. The zero-order valence-electron chi connectivity index (χ0n) is 9.97. The molecule has 0 amide bonds. The highest BCUT2D eigenvalue weighted by molar-refractivity contribution is 7.86. The molecular weight excluding hydrogens is 240 g/mol. The lowest BCUT2D eigenvalue weighted by Gasteiger charge is -2.11. The van der Waals surface area contributed by atoms with Gasteiger partial charge in [-0.1, -0.05) is 12.1 Å². The van der Waals surface area contributed by atoms with E-state index in [9.17, 15) is 8.42 Å². The van der Waals surface area contributed by atoms with Crippen LogP contribution >= 0.6 is 0 Å². The maximum Gasteiger partial charge on any atom is 0.300 e. The fraction of sp³-hybridized carbons (Fsp3) is 0.333. The molecule has 0 aromatic heterocycles. The zero-order valence-corrected chi connectivity index (χ0v) is 10.8. The van der Waals surface area contributed by atoms with Crippen LogP contribution < -0.4 is 4.74 Å². The van der Waals surface area contributed by atoms with Gasteiger partial charge in [-0.15, -0.1) is 6.58 Å². The molecule has 0 aliphatic carbocycles. The van der Waals surface area contributed by atoms with Crippen molar-refractivity contribution in [1.82, 2.24) is 0 Å². The van der Waals surface area contributed by atoms with E-state index in [1.165, 1.54) is 12.1 Å². The van der Waals surface area contributed by atoms with Crippen LogP contribution in [-0.4, -0.2) is 21.6 Å². The van der Waals surface area contributed by atoms with Crippen LogP contribution in [0.4, 0.5) is 0 Å². The number of ether oxygens (including phenoxy) is 1. The lowest BCUT2D eigenvalue weighted by atomic mass is 10.2. The molecule has 0 unspecified atom stereocenters. The largest absolute Gasteiger partial charge is 0.492 e. The monoisotopic (exact) mass is 256 g/mol. The summed E-state index contributed by atoms with van der Waals surface area (Å²) in [5.74, 6) is 0.316. The number of aryl methyl sites for hydroxylation is 1. The van der Waals surface area contributed by atoms with Gasteiger partial charge >= 0.3 is 10.1 Å². The Balaban J connectivity index is 3.15. The third-order valence-corrected chi connectivity index (χ3v) is 3.33. The lowest BCUT2D eigenvalue weighted by Crippen LogP contribution is -2.09. The standard InChI is InChI=1S/C12H16O4S/c1-4-8-16-17(13,14)12-7-6-10(3)9-11(12)15-5-2/h4,6-7,9H,1,5,8H2,2-3H3. The average molecular weight is 256 g/mol. The van der Waals surface area contributed by atoms with Crippen molar-refractivity contribution in [2.45, 2.75) is 18.7 Å². The molecule has 0 radical (unpaired) electrons. The minimum absolute atomic E-state index is 0.0480. The van der Waals surface area contributed by atoms with Crippen LogP contribution in [0.25, 0.3) is 0 Å². The second-order valence-corrected chi connectivity index (χ2v) is 4.99. The van der Waals surface area contributed by atoms with Crippen LogP contribution in [0.15, 0.2) is 35.7 Å². The van der Waals surface area contributed by atoms with Gasteiger partial charge in [0, 0.05) is 0 Å². The first-order valence-electron chi connectivity index (χ1n) is 5.25. The van der Waals surface area contributed by atoms with Crippen LogP contribution in [0, 0.1) is 6.92 Å². The molecule has 94 valence electrons. The summed E-state index contributed by atoms with van der Waals surface area (Å²) in [6.45, 7) is 7.41. The Morgan fingerprint density at radius 1 is 1.41 bits per heavy atom. The van der Waals surface area contributed by atoms with E-state index in [4.69, 9.17) is 8.92 Å². The molecule has 0 fully saturated rings. The van der Waals surface area contributed by atoms with E-state index >= 15 is 0 Å². The SMILES string of the molecule is C=CCOS(=O)(=O)c1ccc(C)cc1OCC. The molecular formula is C12H16O4S. The molecule has 0 aliphatic heterocycles. The van der Waals surface area contributed by atoms with Gasteiger partial charge < -0.3 is 4.74 Å². The summed E-state index contributed by atoms with van der Waals surface area (Å²) >= 11 is 0. The molecule has 5 heteroatoms. The highest BCUT2D eigenvalue weighted by Gasteiger charge is 2.20. The summed E-state index contributed by atoms with van der Waals surface area (Å²) in [6, 6.07) is 4.86. The van der Waals surface area contributed by atoms with E-state index in [-0.39, 0.29) is 11.5 Å². The van der Waals surface area contributed by atoms with Crippen molar-refractivity contribution < 1.29 is 17.3 Å². The van der Waals surface area contributed by atoms with E-state index in [0.29, 0.717) is 12.4 Å². The Bertz CT molecular complexity index is 491. The molecule has 1 aromatic carbocycles. The molecule has 0 spiro atoms. The Morgan fingerprint density at radius 2 is 2.12 bits per heavy atom. The third kappa shape index (κ3) is 3.57. The van der Waals surface area contributed by atoms with E-state index in [1.54, 1.807) is 19.1 Å². The van der Waals surface area contributed by atoms with Crippen molar-refractivity contribution in [1.29, 1.82) is 0 Å². The molecule has 4 nitrogen and oxygen atoms in total. The number of rotatable bonds is 6. The number of hydrogen-bond donors (Lipinski definition) is 0. The zero-order chi connectivity index (χ0) is 12.9. The number of hydrogen-bond acceptors (Lipinski definition) is 4. The van der Waals surface area contributed by atoms with Crippen molar-refractivity contribution >= 4 is 10.1 Å². The van der Waals surface area contributed by atoms with Gasteiger partial charge in [-0.25, -0.2) is 0 Å². The summed E-state index contributed by atoms with van der Waals surface area (Å²) in [5, 5.41) is 0. The third-order valence-electron chi connectivity index (χ3n) is 2.01. The Hall–Kier alpha value is -1.33. The predicted octanol–water partition coefficient (Wildman–Crippen LogP) is 2.29. The minimum Gasteiger partial charge on any atom is -0.492 e. The second kappa shape index (κ2) is 5.84. The second-order valence-electron chi connectivity index (χ2n) is 3.41. The maximum atomic E-state index is 11.8. The summed E-state index contributed by atoms with van der Waals surface area (Å²) in [4.78, 5) is 0.0480. The smallest absolute Gasteiger partial charge is 0.300 e. The molecule has 0 saturated carbocycles. The molecule has 0 bridgehead atoms. The molecule has 0 N–H and O–H groups in total. The first-order chi connectivity index (χ1) is 8.01. The summed E-state index contributed by atoms with van der Waals surface area (Å²) in [6.07, 6.45) is 1.38. The summed E-state index contributed by atoms with van der Waals surface area (Å²) in [7, 11) is -3.79. The number of benzene rings is 1. The van der Waals surface area contributed by atoms with Crippen LogP contribution in [0.2, 0.25) is 0 Å². The van der Waals surface area contributed by atoms with E-state index < -0.39 is 10.1 Å². The summed E-state index contributed by atoms with van der Waals surface area (Å²) < 4.78 is 33.8. The molecule has 0 heterocycles. The van der Waals surface area contributed by atoms with Crippen molar-refractivity contribution in [3.63, 3.8) is 0 Å². The molecule has 1 rings (SSSR count). The Morgan fingerprint density at radius 3 is 2.71 bits per heavy atom. The first-order valence-corrected chi connectivity index (χ1v) is 6.66. The topological polar surface area (TPSA) is 52.6 Å². The van der Waals surface area contributed by atoms with Crippen molar-refractivity contribution in [2.24, 2.45) is 0 Å². The molecule has 0 atom stereocenters. The quantitative estimate of drug-likeness (QED) is 0.579. The normalized spacial score (nSPS) is 11.2. The van der Waals surface area contributed by atoms with E-state index in [2.05, 4.69) is 6.58 Å². The molecule has 17 heavy (non-hydrogen) atoms. The van der Waals surface area contributed by atoms with E-state index in [1.807, 2.05) is 6.92 Å². The van der Waals surface area contributed by atoms with Gasteiger partial charge in [0.2, 0.25) is 0 Å². The fourth-order valence-corrected chi connectivity index (χ4v) is 2.29. The molecule has 0 aliphatic rings. The van der Waals surface area contributed by atoms with E-state index in [0.717, 1.165) is 5.56 Å². The Kier molecular flexibility index (Phi) is 4.72. The summed E-state index contributed by atoms with van der Waals surface area (Å²) in [5.41, 5.74) is 0.927. The van der Waals surface area contributed by atoms with Crippen LogP contribution in [0.1, 0.15) is 12.5 Å². The predicted molar refractivity (Wildman–Crippen MR) is 65.7 cm³/mol. The first kappa shape index (κ1) is 13.7. The van der Waals surface area contributed by atoms with Gasteiger partial charge in [-0.2, -0.15) is 8.42 Å². The average Bonchev–Trinajstić information content (AvgIpc) is 2.27.